The lowest BCUT2D eigenvalue weighted by atomic mass is 9.95. The van der Waals surface area contributed by atoms with Crippen molar-refractivity contribution in [2.75, 3.05) is 33.2 Å². The maximum absolute atomic E-state index is 13.4. The molecule has 0 radical (unpaired) electrons. The second-order valence-corrected chi connectivity index (χ2v) is 6.91. The summed E-state index contributed by atoms with van der Waals surface area (Å²) in [5.41, 5.74) is 6.23. The Balaban J connectivity index is 2.00. The second kappa shape index (κ2) is 7.70. The van der Waals surface area contributed by atoms with Crippen LogP contribution in [0.2, 0.25) is 0 Å². The summed E-state index contributed by atoms with van der Waals surface area (Å²) in [6, 6.07) is 10.5. The first-order valence-electron chi connectivity index (χ1n) is 8.75. The van der Waals surface area contributed by atoms with Crippen LogP contribution in [0.25, 0.3) is 11.1 Å². The summed E-state index contributed by atoms with van der Waals surface area (Å²) in [5.74, 6) is -0.663. The lowest BCUT2D eigenvalue weighted by Crippen LogP contribution is -2.43. The zero-order valence-electron chi connectivity index (χ0n) is 15.1. The molecule has 1 fully saturated rings. The van der Waals surface area contributed by atoms with Gasteiger partial charge in [-0.2, -0.15) is 13.2 Å². The van der Waals surface area contributed by atoms with Gasteiger partial charge in [-0.1, -0.05) is 18.2 Å². The highest BCUT2D eigenvalue weighted by molar-refractivity contribution is 5.99. The van der Waals surface area contributed by atoms with E-state index in [0.29, 0.717) is 23.2 Å². The second-order valence-electron chi connectivity index (χ2n) is 6.91. The fraction of sp³-hybridized carbons (Fsp3) is 0.350. The molecule has 0 spiro atoms. The number of alkyl halides is 3. The summed E-state index contributed by atoms with van der Waals surface area (Å²) in [7, 11) is 2.03. The number of hydrogen-bond acceptors (Lipinski definition) is 3. The molecule has 3 rings (SSSR count). The summed E-state index contributed by atoms with van der Waals surface area (Å²) in [4.78, 5) is 16.0. The molecule has 0 atom stereocenters. The predicted octanol–water partition coefficient (Wildman–Crippen LogP) is 3.22. The number of nitrogens with two attached hydrogens (primary N) is 1. The third-order valence-corrected chi connectivity index (χ3v) is 4.83. The number of likely N-dealkylation sites (N-methyl/N-ethyl adjacent to an activating group) is 1. The molecule has 2 aromatic rings. The van der Waals surface area contributed by atoms with E-state index in [2.05, 4.69) is 9.80 Å². The van der Waals surface area contributed by atoms with Gasteiger partial charge >= 0.3 is 6.18 Å². The minimum atomic E-state index is -4.46. The van der Waals surface area contributed by atoms with Gasteiger partial charge < -0.3 is 10.6 Å². The van der Waals surface area contributed by atoms with Gasteiger partial charge in [0.15, 0.2) is 0 Å². The van der Waals surface area contributed by atoms with Crippen LogP contribution in [0.15, 0.2) is 42.5 Å². The van der Waals surface area contributed by atoms with Crippen LogP contribution < -0.4 is 5.73 Å². The number of nitrogens with zero attached hydrogens (tertiary/aromatic N) is 2. The van der Waals surface area contributed by atoms with Gasteiger partial charge in [0.25, 0.3) is 0 Å². The van der Waals surface area contributed by atoms with Crippen molar-refractivity contribution in [2.24, 2.45) is 5.73 Å². The number of piperazine rings is 1. The van der Waals surface area contributed by atoms with Crippen LogP contribution in [-0.4, -0.2) is 48.9 Å². The predicted molar refractivity (Wildman–Crippen MR) is 98.2 cm³/mol. The molecule has 0 unspecified atom stereocenters. The van der Waals surface area contributed by atoms with Crippen molar-refractivity contribution in [1.29, 1.82) is 0 Å². The number of primary amides is 1. The van der Waals surface area contributed by atoms with Crippen molar-refractivity contribution >= 4 is 5.91 Å². The first kappa shape index (κ1) is 19.4. The van der Waals surface area contributed by atoms with Gasteiger partial charge in [0, 0.05) is 38.3 Å². The molecular formula is C20H22F3N3O. The molecule has 7 heteroatoms. The van der Waals surface area contributed by atoms with Crippen LogP contribution in [0.3, 0.4) is 0 Å². The standard InChI is InChI=1S/C20H22F3N3O/c1-25-6-8-26(9-7-25)13-14-10-15(12-16(11-14)20(21,22)23)17-4-2-3-5-18(17)19(24)27/h2-5,10-12H,6-9,13H2,1H3,(H2,24,27). The van der Waals surface area contributed by atoms with E-state index in [9.17, 15) is 18.0 Å². The Bertz CT molecular complexity index is 827. The summed E-state index contributed by atoms with van der Waals surface area (Å²) in [6.07, 6.45) is -4.46. The molecule has 2 N–H and O–H groups in total. The monoisotopic (exact) mass is 377 g/mol. The molecule has 27 heavy (non-hydrogen) atoms. The van der Waals surface area contributed by atoms with E-state index in [1.54, 1.807) is 24.3 Å². The van der Waals surface area contributed by atoms with E-state index >= 15 is 0 Å². The van der Waals surface area contributed by atoms with Gasteiger partial charge in [0.05, 0.1) is 5.56 Å². The Morgan fingerprint density at radius 2 is 1.74 bits per heavy atom. The van der Waals surface area contributed by atoms with Crippen molar-refractivity contribution in [3.63, 3.8) is 0 Å². The molecule has 1 aliphatic rings. The van der Waals surface area contributed by atoms with Crippen molar-refractivity contribution < 1.29 is 18.0 Å². The molecule has 0 saturated carbocycles. The lowest BCUT2D eigenvalue weighted by molar-refractivity contribution is -0.137. The van der Waals surface area contributed by atoms with Crippen LogP contribution in [-0.2, 0) is 12.7 Å². The first-order valence-corrected chi connectivity index (χ1v) is 8.75. The largest absolute Gasteiger partial charge is 0.416 e. The molecule has 0 bridgehead atoms. The Morgan fingerprint density at radius 1 is 1.07 bits per heavy atom. The first-order chi connectivity index (χ1) is 12.7. The van der Waals surface area contributed by atoms with Gasteiger partial charge in [-0.05, 0) is 48.0 Å². The van der Waals surface area contributed by atoms with Crippen molar-refractivity contribution in [2.45, 2.75) is 12.7 Å². The van der Waals surface area contributed by atoms with E-state index in [-0.39, 0.29) is 5.56 Å². The molecule has 0 aliphatic carbocycles. The topological polar surface area (TPSA) is 49.6 Å². The highest BCUT2D eigenvalue weighted by Gasteiger charge is 2.31. The van der Waals surface area contributed by atoms with E-state index in [1.165, 1.54) is 12.1 Å². The number of carbonyl (C=O) groups excluding carboxylic acids is 1. The Morgan fingerprint density at radius 3 is 2.37 bits per heavy atom. The molecular weight excluding hydrogens is 355 g/mol. The molecule has 2 aromatic carbocycles. The average molecular weight is 377 g/mol. The average Bonchev–Trinajstić information content (AvgIpc) is 2.62. The smallest absolute Gasteiger partial charge is 0.366 e. The van der Waals surface area contributed by atoms with E-state index in [1.807, 2.05) is 7.05 Å². The highest BCUT2D eigenvalue weighted by atomic mass is 19.4. The summed E-state index contributed by atoms with van der Waals surface area (Å²) < 4.78 is 40.3. The number of benzene rings is 2. The SMILES string of the molecule is CN1CCN(Cc2cc(-c3ccccc3C(N)=O)cc(C(F)(F)F)c2)CC1. The highest BCUT2D eigenvalue weighted by Crippen LogP contribution is 2.34. The Kier molecular flexibility index (Phi) is 5.53. The molecule has 1 saturated heterocycles. The van der Waals surface area contributed by atoms with Crippen LogP contribution >= 0.6 is 0 Å². The molecule has 1 amide bonds. The van der Waals surface area contributed by atoms with Gasteiger partial charge in [-0.25, -0.2) is 0 Å². The van der Waals surface area contributed by atoms with Crippen LogP contribution in [0.1, 0.15) is 21.5 Å². The minimum absolute atomic E-state index is 0.211. The van der Waals surface area contributed by atoms with Crippen LogP contribution in [0, 0.1) is 0 Å². The van der Waals surface area contributed by atoms with Crippen molar-refractivity contribution in [3.05, 3.63) is 59.2 Å². The zero-order chi connectivity index (χ0) is 19.6. The van der Waals surface area contributed by atoms with Gasteiger partial charge in [0.2, 0.25) is 5.91 Å². The van der Waals surface area contributed by atoms with E-state index in [0.717, 1.165) is 32.2 Å². The molecule has 4 nitrogen and oxygen atoms in total. The summed E-state index contributed by atoms with van der Waals surface area (Å²) >= 11 is 0. The fourth-order valence-corrected chi connectivity index (χ4v) is 3.32. The zero-order valence-corrected chi connectivity index (χ0v) is 15.1. The Labute approximate surface area is 156 Å². The van der Waals surface area contributed by atoms with Crippen LogP contribution in [0.4, 0.5) is 13.2 Å². The maximum atomic E-state index is 13.4. The lowest BCUT2D eigenvalue weighted by Gasteiger charge is -2.32. The van der Waals surface area contributed by atoms with Crippen molar-refractivity contribution in [3.8, 4) is 11.1 Å². The van der Waals surface area contributed by atoms with Gasteiger partial charge in [-0.3, -0.25) is 9.69 Å². The number of carbonyl (C=O) groups is 1. The molecule has 1 aliphatic heterocycles. The normalized spacial score (nSPS) is 16.4. The number of rotatable bonds is 4. The summed E-state index contributed by atoms with van der Waals surface area (Å²) in [5, 5.41) is 0. The minimum Gasteiger partial charge on any atom is -0.366 e. The van der Waals surface area contributed by atoms with Crippen LogP contribution in [0.5, 0.6) is 0 Å². The third-order valence-electron chi connectivity index (χ3n) is 4.83. The molecule has 0 aromatic heterocycles. The maximum Gasteiger partial charge on any atom is 0.416 e. The number of hydrogen-bond donors (Lipinski definition) is 1. The third kappa shape index (κ3) is 4.67. The van der Waals surface area contributed by atoms with Gasteiger partial charge in [-0.15, -0.1) is 0 Å². The summed E-state index contributed by atoms with van der Waals surface area (Å²) in [6.45, 7) is 3.82. The number of amides is 1. The number of halogens is 3. The molecule has 144 valence electrons. The molecule has 1 heterocycles. The van der Waals surface area contributed by atoms with Crippen molar-refractivity contribution in [1.82, 2.24) is 9.80 Å². The Hall–Kier alpha value is -2.38. The fourth-order valence-electron chi connectivity index (χ4n) is 3.32. The van der Waals surface area contributed by atoms with Gasteiger partial charge in [0.1, 0.15) is 0 Å². The van der Waals surface area contributed by atoms with E-state index < -0.39 is 17.6 Å². The van der Waals surface area contributed by atoms with E-state index in [4.69, 9.17) is 5.73 Å². The quantitative estimate of drug-likeness (QED) is 0.890.